The Bertz CT molecular complexity index is 1500. The van der Waals surface area contributed by atoms with Crippen LogP contribution in [0, 0.1) is 0 Å². The van der Waals surface area contributed by atoms with E-state index in [0.717, 1.165) is 66.9 Å². The van der Waals surface area contributed by atoms with Gasteiger partial charge in [-0.05, 0) is 74.7 Å². The topological polar surface area (TPSA) is 114 Å². The molecule has 2 aliphatic rings. The van der Waals surface area contributed by atoms with Crippen LogP contribution in [0.4, 0.5) is 5.82 Å². The number of nitrogens with zero attached hydrogens (tertiary/aromatic N) is 6. The van der Waals surface area contributed by atoms with Crippen LogP contribution in [-0.2, 0) is 11.3 Å². The van der Waals surface area contributed by atoms with E-state index in [1.807, 2.05) is 48.5 Å². The second kappa shape index (κ2) is 11.8. The zero-order chi connectivity index (χ0) is 28.3. The monoisotopic (exact) mass is 554 g/mol. The number of hydrogen-bond acceptors (Lipinski definition) is 8. The van der Waals surface area contributed by atoms with Crippen molar-refractivity contribution in [3.63, 3.8) is 0 Å². The molecule has 10 nitrogen and oxygen atoms in total. The molecule has 1 amide bonds. The number of piperazine rings is 1. The van der Waals surface area contributed by atoms with Gasteiger partial charge in [0.25, 0.3) is 0 Å². The van der Waals surface area contributed by atoms with Crippen molar-refractivity contribution < 1.29 is 9.53 Å². The van der Waals surface area contributed by atoms with Crippen LogP contribution in [0.5, 0.6) is 11.5 Å². The lowest BCUT2D eigenvalue weighted by Crippen LogP contribution is -2.49. The van der Waals surface area contributed by atoms with Crippen molar-refractivity contribution in [2.24, 2.45) is 0 Å². The summed E-state index contributed by atoms with van der Waals surface area (Å²) in [5.41, 5.74) is 9.89. The zero-order valence-corrected chi connectivity index (χ0v) is 23.8. The highest BCUT2D eigenvalue weighted by Gasteiger charge is 2.30. The Morgan fingerprint density at radius 2 is 1.71 bits per heavy atom. The largest absolute Gasteiger partial charge is 0.457 e. The lowest BCUT2D eigenvalue weighted by atomic mass is 9.90. The summed E-state index contributed by atoms with van der Waals surface area (Å²) in [5, 5.41) is 8.70. The SMILES string of the molecule is CC(=O)NCc1cccc(Oc2ccc(-c3nn(C4CCC(N5CCN(C)CC5)CC4)c4ncnc(N)c34)cc2)c1. The average Bonchev–Trinajstić information content (AvgIpc) is 3.38. The standard InChI is InChI=1S/C31H38N8O2/c1-21(40)33-19-22-4-3-5-27(18-22)41-26-12-6-23(7-13-26)29-28-30(32)34-20-35-31(28)39(36-29)25-10-8-24(9-11-25)38-16-14-37(2)15-17-38/h3-7,12-13,18,20,24-25H,8-11,14-17,19H2,1-2H3,(H,33,40)(H2,32,34,35). The summed E-state index contributed by atoms with van der Waals surface area (Å²) in [6.45, 7) is 6.59. The number of anilines is 1. The highest BCUT2D eigenvalue weighted by atomic mass is 16.5. The third-order valence-corrected chi connectivity index (χ3v) is 8.39. The van der Waals surface area contributed by atoms with E-state index in [1.165, 1.54) is 26.1 Å². The first-order chi connectivity index (χ1) is 19.9. The molecule has 3 N–H and O–H groups in total. The lowest BCUT2D eigenvalue weighted by Gasteiger charge is -2.41. The number of aromatic nitrogens is 4. The van der Waals surface area contributed by atoms with E-state index in [-0.39, 0.29) is 11.9 Å². The number of ether oxygens (including phenoxy) is 1. The number of carbonyl (C=O) groups excluding carboxylic acids is 1. The van der Waals surface area contributed by atoms with Crippen molar-refractivity contribution in [2.45, 2.75) is 51.2 Å². The van der Waals surface area contributed by atoms with Crippen molar-refractivity contribution in [1.82, 2.24) is 34.9 Å². The number of carbonyl (C=O) groups is 1. The van der Waals surface area contributed by atoms with Crippen molar-refractivity contribution >= 4 is 22.8 Å². The van der Waals surface area contributed by atoms with Gasteiger partial charge < -0.3 is 20.7 Å². The molecule has 2 aromatic heterocycles. The van der Waals surface area contributed by atoms with E-state index in [4.69, 9.17) is 15.6 Å². The number of hydrogen-bond donors (Lipinski definition) is 2. The first-order valence-electron chi connectivity index (χ1n) is 14.5. The molecule has 41 heavy (non-hydrogen) atoms. The quantitative estimate of drug-likeness (QED) is 0.349. The smallest absolute Gasteiger partial charge is 0.217 e. The second-order valence-corrected chi connectivity index (χ2v) is 11.2. The molecule has 1 aliphatic heterocycles. The van der Waals surface area contributed by atoms with Crippen molar-refractivity contribution in [3.05, 3.63) is 60.4 Å². The molecule has 3 heterocycles. The summed E-state index contributed by atoms with van der Waals surface area (Å²) in [6.07, 6.45) is 6.02. The van der Waals surface area contributed by atoms with Gasteiger partial charge in [-0.15, -0.1) is 0 Å². The third kappa shape index (κ3) is 6.03. The fourth-order valence-corrected chi connectivity index (χ4v) is 6.07. The van der Waals surface area contributed by atoms with Crippen LogP contribution in [0.3, 0.4) is 0 Å². The fourth-order valence-electron chi connectivity index (χ4n) is 6.07. The lowest BCUT2D eigenvalue weighted by molar-refractivity contribution is -0.119. The predicted molar refractivity (Wildman–Crippen MR) is 160 cm³/mol. The molecule has 0 bridgehead atoms. The molecule has 1 aliphatic carbocycles. The van der Waals surface area contributed by atoms with Crippen LogP contribution in [-0.4, -0.2) is 74.7 Å². The number of fused-ring (bicyclic) bond motifs is 1. The minimum absolute atomic E-state index is 0.0637. The van der Waals surface area contributed by atoms with E-state index in [2.05, 4.69) is 36.8 Å². The molecule has 0 spiro atoms. The van der Waals surface area contributed by atoms with E-state index < -0.39 is 0 Å². The molecule has 214 valence electrons. The predicted octanol–water partition coefficient (Wildman–Crippen LogP) is 4.24. The van der Waals surface area contributed by atoms with Gasteiger partial charge in [0.15, 0.2) is 5.65 Å². The second-order valence-electron chi connectivity index (χ2n) is 11.2. The first-order valence-corrected chi connectivity index (χ1v) is 14.5. The van der Waals surface area contributed by atoms with Gasteiger partial charge in [0, 0.05) is 51.3 Å². The van der Waals surface area contributed by atoms with Gasteiger partial charge in [0.05, 0.1) is 11.4 Å². The number of benzene rings is 2. The minimum Gasteiger partial charge on any atom is -0.457 e. The van der Waals surface area contributed by atoms with Crippen LogP contribution in [0.2, 0.25) is 0 Å². The van der Waals surface area contributed by atoms with Gasteiger partial charge in [-0.25, -0.2) is 14.6 Å². The number of nitrogen functional groups attached to an aromatic ring is 1. The summed E-state index contributed by atoms with van der Waals surface area (Å²) >= 11 is 0. The Kier molecular flexibility index (Phi) is 7.84. The maximum Gasteiger partial charge on any atom is 0.217 e. The molecule has 0 unspecified atom stereocenters. The Morgan fingerprint density at radius 3 is 2.44 bits per heavy atom. The molecule has 2 fully saturated rings. The van der Waals surface area contributed by atoms with Gasteiger partial charge in [-0.3, -0.25) is 9.69 Å². The van der Waals surface area contributed by atoms with Gasteiger partial charge in [0.1, 0.15) is 29.3 Å². The molecule has 2 aromatic carbocycles. The zero-order valence-electron chi connectivity index (χ0n) is 23.8. The third-order valence-electron chi connectivity index (χ3n) is 8.39. The highest BCUT2D eigenvalue weighted by Crippen LogP contribution is 2.37. The normalized spacial score (nSPS) is 20.2. The van der Waals surface area contributed by atoms with E-state index in [9.17, 15) is 4.79 Å². The van der Waals surface area contributed by atoms with Gasteiger partial charge in [-0.1, -0.05) is 12.1 Å². The minimum atomic E-state index is -0.0637. The number of nitrogens with two attached hydrogens (primary N) is 1. The number of rotatable bonds is 7. The van der Waals surface area contributed by atoms with Crippen LogP contribution in [0.15, 0.2) is 54.9 Å². The molecule has 0 radical (unpaired) electrons. The number of amides is 1. The number of likely N-dealkylation sites (N-methyl/N-ethyl adjacent to an activating group) is 1. The summed E-state index contributed by atoms with van der Waals surface area (Å²) in [5.74, 6) is 1.80. The highest BCUT2D eigenvalue weighted by molar-refractivity contribution is 5.98. The Balaban J connectivity index is 1.19. The fraction of sp³-hybridized carbons (Fsp3) is 0.419. The molecular weight excluding hydrogens is 516 g/mol. The van der Waals surface area contributed by atoms with Crippen LogP contribution in [0.1, 0.15) is 44.2 Å². The van der Waals surface area contributed by atoms with Gasteiger partial charge in [0.2, 0.25) is 5.91 Å². The Labute approximate surface area is 240 Å². The first kappa shape index (κ1) is 27.2. The maximum atomic E-state index is 11.3. The summed E-state index contributed by atoms with van der Waals surface area (Å²) in [6, 6.07) is 16.5. The van der Waals surface area contributed by atoms with Crippen molar-refractivity contribution in [2.75, 3.05) is 39.0 Å². The van der Waals surface area contributed by atoms with E-state index in [0.29, 0.717) is 29.9 Å². The van der Waals surface area contributed by atoms with E-state index >= 15 is 0 Å². The molecule has 0 atom stereocenters. The Hall–Kier alpha value is -4.02. The van der Waals surface area contributed by atoms with Gasteiger partial charge >= 0.3 is 0 Å². The van der Waals surface area contributed by atoms with Crippen molar-refractivity contribution in [3.8, 4) is 22.8 Å². The summed E-state index contributed by atoms with van der Waals surface area (Å²) in [7, 11) is 2.21. The Morgan fingerprint density at radius 1 is 0.976 bits per heavy atom. The molecule has 6 rings (SSSR count). The molecule has 10 heteroatoms. The van der Waals surface area contributed by atoms with Crippen LogP contribution < -0.4 is 15.8 Å². The van der Waals surface area contributed by atoms with Crippen LogP contribution in [0.25, 0.3) is 22.3 Å². The maximum absolute atomic E-state index is 11.3. The number of nitrogens with one attached hydrogen (secondary N) is 1. The summed E-state index contributed by atoms with van der Waals surface area (Å²) in [4.78, 5) is 25.3. The van der Waals surface area contributed by atoms with Crippen LogP contribution >= 0.6 is 0 Å². The molecule has 1 saturated heterocycles. The molecular formula is C31H38N8O2. The molecule has 4 aromatic rings. The average molecular weight is 555 g/mol. The van der Waals surface area contributed by atoms with Crippen molar-refractivity contribution in [1.29, 1.82) is 0 Å². The molecule has 1 saturated carbocycles. The van der Waals surface area contributed by atoms with Gasteiger partial charge in [-0.2, -0.15) is 5.10 Å². The summed E-state index contributed by atoms with van der Waals surface area (Å²) < 4.78 is 8.19. The van der Waals surface area contributed by atoms with E-state index in [1.54, 1.807) is 0 Å².